The van der Waals surface area contributed by atoms with Crippen molar-refractivity contribution in [2.24, 2.45) is 0 Å². The van der Waals surface area contributed by atoms with E-state index in [1.165, 1.54) is 0 Å². The molecule has 0 aromatic heterocycles. The molecule has 6 nitrogen and oxygen atoms in total. The molecule has 2 heterocycles. The summed E-state index contributed by atoms with van der Waals surface area (Å²) in [4.78, 5) is 17.9. The van der Waals surface area contributed by atoms with Crippen molar-refractivity contribution in [3.8, 4) is 0 Å². The smallest absolute Gasteiger partial charge is 0.239 e. The number of hydrogen-bond acceptors (Lipinski definition) is 5. The Morgan fingerprint density at radius 3 is 2.60 bits per heavy atom. The number of hydrogen-bond donors (Lipinski definition) is 3. The topological polar surface area (TPSA) is 59.6 Å². The Balaban J connectivity index is 1.40. The van der Waals surface area contributed by atoms with E-state index >= 15 is 0 Å². The van der Waals surface area contributed by atoms with Gasteiger partial charge >= 0.3 is 0 Å². The highest BCUT2D eigenvalue weighted by Gasteiger charge is 2.32. The van der Waals surface area contributed by atoms with E-state index in [4.69, 9.17) is 11.6 Å². The van der Waals surface area contributed by atoms with Gasteiger partial charge in [-0.05, 0) is 36.7 Å². The molecule has 160 valence electrons. The largest absolute Gasteiger partial charge is 0.347 e. The van der Waals surface area contributed by atoms with Crippen LogP contribution in [0, 0.1) is 0 Å². The lowest BCUT2D eigenvalue weighted by molar-refractivity contribution is -0.123. The molecule has 3 unspecified atom stereocenters. The summed E-state index contributed by atoms with van der Waals surface area (Å²) >= 11 is 6.13. The summed E-state index contributed by atoms with van der Waals surface area (Å²) in [6.45, 7) is 4.99. The van der Waals surface area contributed by atoms with Crippen LogP contribution in [0.1, 0.15) is 29.6 Å². The van der Waals surface area contributed by atoms with Crippen LogP contribution in [0.5, 0.6) is 0 Å². The van der Waals surface area contributed by atoms with Crippen LogP contribution in [0.25, 0.3) is 0 Å². The molecule has 2 aromatic carbocycles. The third-order valence-corrected chi connectivity index (χ3v) is 6.26. The molecule has 4 rings (SSSR count). The molecule has 3 N–H and O–H groups in total. The zero-order valence-electron chi connectivity index (χ0n) is 17.4. The second kappa shape index (κ2) is 9.90. The van der Waals surface area contributed by atoms with E-state index in [9.17, 15) is 4.79 Å². The number of halogens is 1. The normalized spacial score (nSPS) is 23.9. The first-order chi connectivity index (χ1) is 14.6. The van der Waals surface area contributed by atoms with Gasteiger partial charge in [0.1, 0.15) is 6.04 Å². The lowest BCUT2D eigenvalue weighted by Gasteiger charge is -2.35. The van der Waals surface area contributed by atoms with Crippen LogP contribution in [-0.2, 0) is 4.79 Å². The second-order valence-electron chi connectivity index (χ2n) is 8.26. The van der Waals surface area contributed by atoms with E-state index in [0.29, 0.717) is 11.4 Å². The maximum absolute atomic E-state index is 13.1. The van der Waals surface area contributed by atoms with Crippen molar-refractivity contribution in [2.75, 3.05) is 39.8 Å². The van der Waals surface area contributed by atoms with Crippen LogP contribution in [0.15, 0.2) is 54.6 Å². The average Bonchev–Trinajstić information content (AvgIpc) is 3.26. The molecule has 2 aliphatic heterocycles. The van der Waals surface area contributed by atoms with Crippen LogP contribution in [0.4, 0.5) is 0 Å². The number of likely N-dealkylation sites (N-methyl/N-ethyl adjacent to an activating group) is 1. The summed E-state index contributed by atoms with van der Waals surface area (Å²) in [6, 6.07) is 17.8. The quantitative estimate of drug-likeness (QED) is 0.660. The fraction of sp³-hybridized carbons (Fsp3) is 0.435. The predicted octanol–water partition coefficient (Wildman–Crippen LogP) is 2.35. The summed E-state index contributed by atoms with van der Waals surface area (Å²) in [5.41, 5.74) is 8.64. The molecule has 0 radical (unpaired) electrons. The van der Waals surface area contributed by atoms with Gasteiger partial charge in [0.15, 0.2) is 0 Å². The molecule has 30 heavy (non-hydrogen) atoms. The summed E-state index contributed by atoms with van der Waals surface area (Å²) in [5.74, 6) is 0.0232. The highest BCUT2D eigenvalue weighted by atomic mass is 35.5. The minimum absolute atomic E-state index is 0.0232. The number of carbonyl (C=O) groups excluding carboxylic acids is 1. The van der Waals surface area contributed by atoms with Gasteiger partial charge in [-0.3, -0.25) is 9.69 Å². The first kappa shape index (κ1) is 21.3. The lowest BCUT2D eigenvalue weighted by Crippen LogP contribution is -2.50. The van der Waals surface area contributed by atoms with Crippen molar-refractivity contribution in [3.63, 3.8) is 0 Å². The molecule has 2 fully saturated rings. The zero-order chi connectivity index (χ0) is 20.9. The van der Waals surface area contributed by atoms with Crippen molar-refractivity contribution in [1.29, 1.82) is 0 Å². The molecule has 0 aliphatic carbocycles. The van der Waals surface area contributed by atoms with Crippen molar-refractivity contribution in [2.45, 2.75) is 24.5 Å². The van der Waals surface area contributed by atoms with E-state index in [-0.39, 0.29) is 24.0 Å². The third kappa shape index (κ3) is 5.39. The molecule has 2 aromatic rings. The standard InChI is InChI=1S/C23H30ClN5O/c1-28-10-12-29(13-11-28)16-22(17-6-3-2-4-7-17)25-23(30)21-15-20(26-27-21)18-8-5-9-19(24)14-18/h2-9,14,20-22,26-27H,10-13,15-16H2,1H3,(H,25,30). The van der Waals surface area contributed by atoms with Gasteiger partial charge in [-0.15, -0.1) is 0 Å². The monoisotopic (exact) mass is 427 g/mol. The number of rotatable bonds is 6. The maximum Gasteiger partial charge on any atom is 0.239 e. The van der Waals surface area contributed by atoms with Crippen LogP contribution in [0.2, 0.25) is 5.02 Å². The SMILES string of the molecule is CN1CCN(CC(NC(=O)C2CC(c3cccc(Cl)c3)NN2)c2ccccc2)CC1. The van der Waals surface area contributed by atoms with Gasteiger partial charge in [-0.1, -0.05) is 54.1 Å². The maximum atomic E-state index is 13.1. The molecule has 1 amide bonds. The molecule has 0 bridgehead atoms. The van der Waals surface area contributed by atoms with E-state index in [2.05, 4.69) is 45.1 Å². The summed E-state index contributed by atoms with van der Waals surface area (Å²) < 4.78 is 0. The number of piperazine rings is 1. The lowest BCUT2D eigenvalue weighted by atomic mass is 10.0. The fourth-order valence-electron chi connectivity index (χ4n) is 4.15. The van der Waals surface area contributed by atoms with Crippen molar-refractivity contribution < 1.29 is 4.79 Å². The van der Waals surface area contributed by atoms with Gasteiger partial charge < -0.3 is 10.2 Å². The van der Waals surface area contributed by atoms with Gasteiger partial charge in [-0.25, -0.2) is 10.9 Å². The van der Waals surface area contributed by atoms with Gasteiger partial charge in [0.25, 0.3) is 0 Å². The zero-order valence-corrected chi connectivity index (χ0v) is 18.1. The van der Waals surface area contributed by atoms with Crippen molar-refractivity contribution >= 4 is 17.5 Å². The Labute approximate surface area is 183 Å². The van der Waals surface area contributed by atoms with Crippen molar-refractivity contribution in [1.82, 2.24) is 26.0 Å². The van der Waals surface area contributed by atoms with Crippen LogP contribution < -0.4 is 16.2 Å². The van der Waals surface area contributed by atoms with Crippen LogP contribution in [0.3, 0.4) is 0 Å². The highest BCUT2D eigenvalue weighted by molar-refractivity contribution is 6.30. The minimum atomic E-state index is -0.285. The van der Waals surface area contributed by atoms with Gasteiger partial charge in [-0.2, -0.15) is 0 Å². The Morgan fingerprint density at radius 1 is 1.10 bits per heavy atom. The number of carbonyl (C=O) groups is 1. The number of nitrogens with one attached hydrogen (secondary N) is 3. The summed E-state index contributed by atoms with van der Waals surface area (Å²) in [7, 11) is 2.16. The summed E-state index contributed by atoms with van der Waals surface area (Å²) in [5, 5.41) is 4.00. The average molecular weight is 428 g/mol. The molecule has 0 saturated carbocycles. The second-order valence-corrected chi connectivity index (χ2v) is 8.70. The number of benzene rings is 2. The molecular weight excluding hydrogens is 398 g/mol. The Morgan fingerprint density at radius 2 is 1.87 bits per heavy atom. The van der Waals surface area contributed by atoms with Crippen LogP contribution >= 0.6 is 11.6 Å². The number of amides is 1. The first-order valence-corrected chi connectivity index (χ1v) is 11.0. The third-order valence-electron chi connectivity index (χ3n) is 6.03. The molecule has 3 atom stereocenters. The van der Waals surface area contributed by atoms with E-state index in [1.807, 2.05) is 42.5 Å². The fourth-order valence-corrected chi connectivity index (χ4v) is 4.35. The van der Waals surface area contributed by atoms with Gasteiger partial charge in [0.2, 0.25) is 5.91 Å². The molecule has 7 heteroatoms. The van der Waals surface area contributed by atoms with Gasteiger partial charge in [0, 0.05) is 43.8 Å². The Hall–Kier alpha value is -1.96. The first-order valence-electron chi connectivity index (χ1n) is 10.6. The molecular formula is C23H30ClN5O. The van der Waals surface area contributed by atoms with Gasteiger partial charge in [0.05, 0.1) is 6.04 Å². The predicted molar refractivity (Wildman–Crippen MR) is 120 cm³/mol. The minimum Gasteiger partial charge on any atom is -0.347 e. The van der Waals surface area contributed by atoms with Crippen LogP contribution in [-0.4, -0.2) is 61.5 Å². The highest BCUT2D eigenvalue weighted by Crippen LogP contribution is 2.25. The Kier molecular flexibility index (Phi) is 7.02. The molecule has 0 spiro atoms. The van der Waals surface area contributed by atoms with Crippen molar-refractivity contribution in [3.05, 3.63) is 70.7 Å². The molecule has 2 aliphatic rings. The summed E-state index contributed by atoms with van der Waals surface area (Å²) in [6.07, 6.45) is 0.683. The number of hydrazine groups is 1. The molecule has 2 saturated heterocycles. The van der Waals surface area contributed by atoms with E-state index in [0.717, 1.165) is 43.9 Å². The van der Waals surface area contributed by atoms with E-state index < -0.39 is 0 Å². The number of nitrogens with zero attached hydrogens (tertiary/aromatic N) is 2. The van der Waals surface area contributed by atoms with E-state index in [1.54, 1.807) is 0 Å². The Bertz CT molecular complexity index is 840.